The highest BCUT2D eigenvalue weighted by Gasteiger charge is 2.19. The molecule has 1 amide bonds. The highest BCUT2D eigenvalue weighted by Crippen LogP contribution is 2.20. The van der Waals surface area contributed by atoms with Gasteiger partial charge in [-0.2, -0.15) is 0 Å². The Labute approximate surface area is 170 Å². The van der Waals surface area contributed by atoms with Crippen molar-refractivity contribution in [2.45, 2.75) is 26.0 Å². The number of halogens is 1. The molecule has 4 nitrogen and oxygen atoms in total. The van der Waals surface area contributed by atoms with E-state index >= 15 is 0 Å². The fraction of sp³-hybridized carbons (Fsp3) is 0.250. The Morgan fingerprint density at radius 2 is 1.93 bits per heavy atom. The molecule has 0 aliphatic carbocycles. The van der Waals surface area contributed by atoms with Crippen LogP contribution in [0.5, 0.6) is 0 Å². The molecule has 4 rings (SSSR count). The summed E-state index contributed by atoms with van der Waals surface area (Å²) in [5.74, 6) is -0.309. The number of carbonyl (C=O) groups excluding carboxylic acids is 1. The first-order valence-corrected chi connectivity index (χ1v) is 9.82. The van der Waals surface area contributed by atoms with Crippen molar-refractivity contribution in [1.29, 1.82) is 0 Å². The maximum Gasteiger partial charge on any atom is 0.254 e. The number of rotatable bonds is 6. The number of hydrogen-bond donors (Lipinski definition) is 0. The molecule has 2 aromatic carbocycles. The minimum Gasteiger partial charge on any atom is -0.376 e. The molecular weight excluding hydrogens is 367 g/mol. The van der Waals surface area contributed by atoms with Crippen LogP contribution in [-0.2, 0) is 30.7 Å². The van der Waals surface area contributed by atoms with Gasteiger partial charge in [0.2, 0.25) is 0 Å². The highest BCUT2D eigenvalue weighted by atomic mass is 19.1. The molecule has 1 aromatic heterocycles. The van der Waals surface area contributed by atoms with Crippen LogP contribution in [0.1, 0.15) is 32.7 Å². The molecule has 29 heavy (non-hydrogen) atoms. The van der Waals surface area contributed by atoms with Crippen molar-refractivity contribution >= 4 is 5.91 Å². The molecule has 0 saturated heterocycles. The number of amides is 1. The molecule has 1 aliphatic heterocycles. The molecule has 0 unspecified atom stereocenters. The number of carbonyl (C=O) groups is 1. The maximum absolute atomic E-state index is 13.3. The Balaban J connectivity index is 1.56. The summed E-state index contributed by atoms with van der Waals surface area (Å²) in [6.07, 6.45) is 3.24. The molecule has 2 heterocycles. The molecule has 148 valence electrons. The van der Waals surface area contributed by atoms with E-state index in [1.54, 1.807) is 18.3 Å². The van der Waals surface area contributed by atoms with Crippen LogP contribution in [0.4, 0.5) is 4.39 Å². The van der Waals surface area contributed by atoms with Crippen molar-refractivity contribution in [1.82, 2.24) is 9.88 Å². The van der Waals surface area contributed by atoms with Crippen molar-refractivity contribution < 1.29 is 13.9 Å². The third kappa shape index (κ3) is 4.87. The normalized spacial score (nSPS) is 13.0. The SMILES string of the molecule is O=C(c1ccc2c(c1)CCOC2)N(CCc1ccccn1)Cc1ccc(F)cc1. The van der Waals surface area contributed by atoms with Gasteiger partial charge in [0.15, 0.2) is 0 Å². The van der Waals surface area contributed by atoms with E-state index in [2.05, 4.69) is 4.98 Å². The van der Waals surface area contributed by atoms with Crippen molar-refractivity contribution in [2.24, 2.45) is 0 Å². The van der Waals surface area contributed by atoms with Crippen LogP contribution >= 0.6 is 0 Å². The molecule has 0 fully saturated rings. The largest absolute Gasteiger partial charge is 0.376 e. The Morgan fingerprint density at radius 3 is 2.72 bits per heavy atom. The molecule has 0 N–H and O–H groups in total. The molecule has 0 spiro atoms. The van der Waals surface area contributed by atoms with Crippen molar-refractivity contribution in [3.63, 3.8) is 0 Å². The average Bonchev–Trinajstić information content (AvgIpc) is 2.78. The van der Waals surface area contributed by atoms with Gasteiger partial charge in [-0.25, -0.2) is 4.39 Å². The summed E-state index contributed by atoms with van der Waals surface area (Å²) in [4.78, 5) is 19.5. The lowest BCUT2D eigenvalue weighted by molar-refractivity contribution is 0.0743. The quantitative estimate of drug-likeness (QED) is 0.634. The zero-order valence-electron chi connectivity index (χ0n) is 16.2. The van der Waals surface area contributed by atoms with Gasteiger partial charge in [-0.3, -0.25) is 9.78 Å². The lowest BCUT2D eigenvalue weighted by Gasteiger charge is -2.24. The van der Waals surface area contributed by atoms with E-state index in [4.69, 9.17) is 4.74 Å². The fourth-order valence-corrected chi connectivity index (χ4v) is 3.54. The van der Waals surface area contributed by atoms with Crippen LogP contribution in [0.25, 0.3) is 0 Å². The molecular formula is C24H23FN2O2. The van der Waals surface area contributed by atoms with Crippen LogP contribution in [0.15, 0.2) is 66.9 Å². The van der Waals surface area contributed by atoms with E-state index in [1.165, 1.54) is 17.7 Å². The Kier molecular flexibility index (Phi) is 5.96. The van der Waals surface area contributed by atoms with Gasteiger partial charge in [-0.1, -0.05) is 24.3 Å². The third-order valence-corrected chi connectivity index (χ3v) is 5.16. The Hall–Kier alpha value is -3.05. The number of ether oxygens (including phenoxy) is 1. The second kappa shape index (κ2) is 8.97. The molecule has 0 radical (unpaired) electrons. The number of benzene rings is 2. The number of fused-ring (bicyclic) bond motifs is 1. The van der Waals surface area contributed by atoms with E-state index in [9.17, 15) is 9.18 Å². The van der Waals surface area contributed by atoms with E-state index < -0.39 is 0 Å². The van der Waals surface area contributed by atoms with Crippen molar-refractivity contribution in [2.75, 3.05) is 13.2 Å². The van der Waals surface area contributed by atoms with Gasteiger partial charge >= 0.3 is 0 Å². The highest BCUT2D eigenvalue weighted by molar-refractivity contribution is 5.94. The summed E-state index contributed by atoms with van der Waals surface area (Å²) in [6.45, 7) is 2.24. The first-order chi connectivity index (χ1) is 14.2. The Bertz CT molecular complexity index is 974. The summed E-state index contributed by atoms with van der Waals surface area (Å²) in [5, 5.41) is 0. The number of nitrogens with zero attached hydrogens (tertiary/aromatic N) is 2. The lowest BCUT2D eigenvalue weighted by atomic mass is 9.99. The third-order valence-electron chi connectivity index (χ3n) is 5.16. The lowest BCUT2D eigenvalue weighted by Crippen LogP contribution is -2.33. The minimum atomic E-state index is -0.281. The summed E-state index contributed by atoms with van der Waals surface area (Å²) in [7, 11) is 0. The average molecular weight is 390 g/mol. The predicted molar refractivity (Wildman–Crippen MR) is 109 cm³/mol. The monoisotopic (exact) mass is 390 g/mol. The van der Waals surface area contributed by atoms with Crippen molar-refractivity contribution in [3.8, 4) is 0 Å². The smallest absolute Gasteiger partial charge is 0.254 e. The van der Waals surface area contributed by atoms with Crippen LogP contribution in [0, 0.1) is 5.82 Å². The molecule has 5 heteroatoms. The van der Waals surface area contributed by atoms with Gasteiger partial charge in [0.25, 0.3) is 5.91 Å². The predicted octanol–water partition coefficient (Wildman–Crippen LogP) is 4.18. The van der Waals surface area contributed by atoms with Crippen LogP contribution in [-0.4, -0.2) is 28.9 Å². The molecule has 1 aliphatic rings. The summed E-state index contributed by atoms with van der Waals surface area (Å²) >= 11 is 0. The van der Waals surface area contributed by atoms with Gasteiger partial charge in [0, 0.05) is 37.0 Å². The summed E-state index contributed by atoms with van der Waals surface area (Å²) in [5.41, 5.74) is 4.83. The second-order valence-electron chi connectivity index (χ2n) is 7.21. The van der Waals surface area contributed by atoms with Gasteiger partial charge in [0.1, 0.15) is 5.82 Å². The second-order valence-corrected chi connectivity index (χ2v) is 7.21. The molecule has 0 bridgehead atoms. The van der Waals surface area contributed by atoms with Gasteiger partial charge < -0.3 is 9.64 Å². The summed E-state index contributed by atoms with van der Waals surface area (Å²) < 4.78 is 18.8. The minimum absolute atomic E-state index is 0.0282. The standard InChI is InChI=1S/C24H23FN2O2/c25-22-8-4-18(5-9-22)16-27(13-10-23-3-1-2-12-26-23)24(28)20-6-7-21-17-29-14-11-19(21)15-20/h1-9,12,15H,10-11,13-14,16-17H2. The van der Waals surface area contributed by atoms with Crippen LogP contribution in [0.2, 0.25) is 0 Å². The zero-order valence-corrected chi connectivity index (χ0v) is 16.2. The van der Waals surface area contributed by atoms with Gasteiger partial charge in [-0.15, -0.1) is 0 Å². The van der Waals surface area contributed by atoms with Gasteiger partial charge in [0.05, 0.1) is 13.2 Å². The molecule has 0 saturated carbocycles. The Morgan fingerprint density at radius 1 is 1.07 bits per heavy atom. The summed E-state index contributed by atoms with van der Waals surface area (Å²) in [6, 6.07) is 17.9. The van der Waals surface area contributed by atoms with E-state index in [0.29, 0.717) is 38.3 Å². The first-order valence-electron chi connectivity index (χ1n) is 9.82. The molecule has 0 atom stereocenters. The van der Waals surface area contributed by atoms with Crippen LogP contribution < -0.4 is 0 Å². The van der Waals surface area contributed by atoms with Crippen molar-refractivity contribution in [3.05, 3.63) is 101 Å². The van der Waals surface area contributed by atoms with Gasteiger partial charge in [-0.05, 0) is 59.5 Å². The maximum atomic E-state index is 13.3. The van der Waals surface area contributed by atoms with E-state index in [-0.39, 0.29) is 11.7 Å². The van der Waals surface area contributed by atoms with E-state index in [1.807, 2.05) is 41.3 Å². The number of pyridine rings is 1. The molecule has 3 aromatic rings. The topological polar surface area (TPSA) is 42.4 Å². The van der Waals surface area contributed by atoms with Crippen LogP contribution in [0.3, 0.4) is 0 Å². The number of hydrogen-bond acceptors (Lipinski definition) is 3. The fourth-order valence-electron chi connectivity index (χ4n) is 3.54. The van der Waals surface area contributed by atoms with E-state index in [0.717, 1.165) is 23.2 Å². The zero-order chi connectivity index (χ0) is 20.1. The first kappa shape index (κ1) is 19.3. The number of aromatic nitrogens is 1.